The molecular formula is C14H21NO6S2. The summed E-state index contributed by atoms with van der Waals surface area (Å²) in [4.78, 5) is 11.2. The van der Waals surface area contributed by atoms with Gasteiger partial charge in [0.15, 0.2) is 9.84 Å². The fourth-order valence-electron chi connectivity index (χ4n) is 2.01. The van der Waals surface area contributed by atoms with E-state index in [4.69, 9.17) is 5.11 Å². The molecule has 23 heavy (non-hydrogen) atoms. The van der Waals surface area contributed by atoms with Crippen LogP contribution in [0.15, 0.2) is 29.2 Å². The van der Waals surface area contributed by atoms with Crippen LogP contribution >= 0.6 is 0 Å². The normalized spacial score (nSPS) is 13.9. The number of hydrogen-bond acceptors (Lipinski definition) is 5. The maximum atomic E-state index is 12.1. The van der Waals surface area contributed by atoms with Crippen molar-refractivity contribution in [3.8, 4) is 0 Å². The van der Waals surface area contributed by atoms with Gasteiger partial charge in [0.2, 0.25) is 10.0 Å². The van der Waals surface area contributed by atoms with E-state index in [1.807, 2.05) is 0 Å². The monoisotopic (exact) mass is 363 g/mol. The van der Waals surface area contributed by atoms with E-state index in [2.05, 4.69) is 4.72 Å². The molecule has 2 N–H and O–H groups in total. The second-order valence-corrected chi connectivity index (χ2v) is 9.59. The molecule has 0 aliphatic heterocycles. The second kappa shape index (κ2) is 7.41. The number of carbonyl (C=O) groups is 1. The van der Waals surface area contributed by atoms with Crippen LogP contribution in [0.4, 0.5) is 0 Å². The summed E-state index contributed by atoms with van der Waals surface area (Å²) in [7, 11) is -7.36. The second-order valence-electron chi connectivity index (χ2n) is 5.82. The molecule has 0 aliphatic carbocycles. The maximum absolute atomic E-state index is 12.1. The summed E-state index contributed by atoms with van der Waals surface area (Å²) in [5, 5.41) is 9.10. The molecule has 1 aromatic rings. The Morgan fingerprint density at radius 1 is 1.22 bits per heavy atom. The highest BCUT2D eigenvalue weighted by atomic mass is 32.2. The van der Waals surface area contributed by atoms with Gasteiger partial charge in [-0.1, -0.05) is 26.0 Å². The Morgan fingerprint density at radius 2 is 1.83 bits per heavy atom. The lowest BCUT2D eigenvalue weighted by atomic mass is 10.1. The summed E-state index contributed by atoms with van der Waals surface area (Å²) < 4.78 is 49.4. The van der Waals surface area contributed by atoms with Crippen LogP contribution in [0, 0.1) is 5.92 Å². The molecule has 0 aromatic heterocycles. The minimum absolute atomic E-state index is 0.00682. The number of rotatable bonds is 8. The summed E-state index contributed by atoms with van der Waals surface area (Å²) >= 11 is 0. The van der Waals surface area contributed by atoms with Gasteiger partial charge in [-0.3, -0.25) is 4.79 Å². The first kappa shape index (κ1) is 19.6. The third kappa shape index (κ3) is 6.67. The first-order valence-corrected chi connectivity index (χ1v) is 10.5. The maximum Gasteiger partial charge on any atom is 0.321 e. The Hall–Kier alpha value is -1.45. The molecule has 1 rings (SSSR count). The van der Waals surface area contributed by atoms with Gasteiger partial charge in [0, 0.05) is 6.26 Å². The minimum atomic E-state index is -3.91. The van der Waals surface area contributed by atoms with Gasteiger partial charge in [-0.15, -0.1) is 0 Å². The lowest BCUT2D eigenvalue weighted by Gasteiger charge is -2.16. The van der Waals surface area contributed by atoms with E-state index >= 15 is 0 Å². The fraction of sp³-hybridized carbons (Fsp3) is 0.500. The molecule has 9 heteroatoms. The average molecular weight is 363 g/mol. The van der Waals surface area contributed by atoms with Crippen molar-refractivity contribution in [3.05, 3.63) is 29.8 Å². The van der Waals surface area contributed by atoms with Gasteiger partial charge < -0.3 is 5.11 Å². The van der Waals surface area contributed by atoms with E-state index in [9.17, 15) is 21.6 Å². The van der Waals surface area contributed by atoms with E-state index in [0.717, 1.165) is 6.26 Å². The fourth-order valence-corrected chi connectivity index (χ4v) is 4.04. The molecule has 0 bridgehead atoms. The molecule has 0 radical (unpaired) electrons. The number of carboxylic acids is 1. The lowest BCUT2D eigenvalue weighted by molar-refractivity contribution is -0.139. The first-order valence-electron chi connectivity index (χ1n) is 6.92. The molecule has 0 saturated heterocycles. The number of sulfonamides is 1. The molecule has 0 aliphatic rings. The van der Waals surface area contributed by atoms with Gasteiger partial charge in [-0.2, -0.15) is 0 Å². The zero-order valence-electron chi connectivity index (χ0n) is 13.2. The van der Waals surface area contributed by atoms with Gasteiger partial charge in [-0.25, -0.2) is 21.6 Å². The molecule has 1 aromatic carbocycles. The van der Waals surface area contributed by atoms with Crippen LogP contribution in [-0.2, 0) is 30.4 Å². The van der Waals surface area contributed by atoms with Gasteiger partial charge in [0.1, 0.15) is 6.04 Å². The smallest absolute Gasteiger partial charge is 0.321 e. The number of nitrogens with one attached hydrogen (secondary N) is 1. The van der Waals surface area contributed by atoms with Crippen molar-refractivity contribution < 1.29 is 26.7 Å². The van der Waals surface area contributed by atoms with Gasteiger partial charge in [-0.05, 0) is 30.0 Å². The predicted octanol–water partition coefficient (Wildman–Crippen LogP) is 1.01. The van der Waals surface area contributed by atoms with Crippen molar-refractivity contribution in [2.75, 3.05) is 6.26 Å². The third-order valence-corrected chi connectivity index (χ3v) is 5.48. The Labute approximate surface area is 136 Å². The minimum Gasteiger partial charge on any atom is -0.480 e. The van der Waals surface area contributed by atoms with Crippen LogP contribution in [0.3, 0.4) is 0 Å². The molecule has 130 valence electrons. The van der Waals surface area contributed by atoms with Crippen LogP contribution in [-0.4, -0.2) is 40.2 Å². The predicted molar refractivity (Wildman–Crippen MR) is 86.2 cm³/mol. The van der Waals surface area contributed by atoms with Crippen molar-refractivity contribution in [3.63, 3.8) is 0 Å². The van der Waals surface area contributed by atoms with E-state index in [1.54, 1.807) is 13.8 Å². The zero-order chi connectivity index (χ0) is 17.8. The summed E-state index contributed by atoms with van der Waals surface area (Å²) in [5.74, 6) is -1.72. The van der Waals surface area contributed by atoms with Crippen molar-refractivity contribution >= 4 is 25.8 Å². The van der Waals surface area contributed by atoms with E-state index in [1.165, 1.54) is 24.3 Å². The highest BCUT2D eigenvalue weighted by Crippen LogP contribution is 2.14. The van der Waals surface area contributed by atoms with Gasteiger partial charge >= 0.3 is 5.97 Å². The Morgan fingerprint density at radius 3 is 2.30 bits per heavy atom. The largest absolute Gasteiger partial charge is 0.480 e. The zero-order valence-corrected chi connectivity index (χ0v) is 14.8. The Kier molecular flexibility index (Phi) is 6.32. The number of benzene rings is 1. The Bertz CT molecular complexity index is 768. The van der Waals surface area contributed by atoms with Crippen molar-refractivity contribution in [2.24, 2.45) is 5.92 Å². The molecule has 0 amide bonds. The molecule has 0 spiro atoms. The first-order chi connectivity index (χ1) is 10.4. The standard InChI is InChI=1S/C14H21NO6S2/c1-10(2)7-13(14(16)17)15-23(20,21)9-11-5-4-6-12(8-11)22(3,18)19/h4-6,8,10,13,15H,7,9H2,1-3H3,(H,16,17)/t13-/m1/s1. The summed E-state index contributed by atoms with van der Waals surface area (Å²) in [6, 6.07) is 4.36. The van der Waals surface area contributed by atoms with Crippen LogP contribution < -0.4 is 4.72 Å². The lowest BCUT2D eigenvalue weighted by Crippen LogP contribution is -2.42. The van der Waals surface area contributed by atoms with E-state index in [0.29, 0.717) is 0 Å². The van der Waals surface area contributed by atoms with Crippen molar-refractivity contribution in [1.82, 2.24) is 4.72 Å². The highest BCUT2D eigenvalue weighted by molar-refractivity contribution is 7.90. The molecule has 7 nitrogen and oxygen atoms in total. The number of carboxylic acid groups (broad SMARTS) is 1. The molecule has 0 heterocycles. The molecule has 0 fully saturated rings. The summed E-state index contributed by atoms with van der Waals surface area (Å²) in [5.41, 5.74) is 0.272. The van der Waals surface area contributed by atoms with E-state index < -0.39 is 37.6 Å². The van der Waals surface area contributed by atoms with Crippen LogP contribution in [0.5, 0.6) is 0 Å². The molecule has 0 unspecified atom stereocenters. The summed E-state index contributed by atoms with van der Waals surface area (Å²) in [6.07, 6.45) is 1.19. The topological polar surface area (TPSA) is 118 Å². The van der Waals surface area contributed by atoms with Crippen molar-refractivity contribution in [1.29, 1.82) is 0 Å². The SMILES string of the molecule is CC(C)C[C@@H](NS(=O)(=O)Cc1cccc(S(C)(=O)=O)c1)C(=O)O. The van der Waals surface area contributed by atoms with Gasteiger partial charge in [0.05, 0.1) is 10.6 Å². The molecular weight excluding hydrogens is 342 g/mol. The Balaban J connectivity index is 2.96. The third-order valence-electron chi connectivity index (χ3n) is 3.01. The number of sulfone groups is 1. The molecule has 1 atom stereocenters. The highest BCUT2D eigenvalue weighted by Gasteiger charge is 2.25. The van der Waals surface area contributed by atoms with Gasteiger partial charge in [0.25, 0.3) is 0 Å². The average Bonchev–Trinajstić information content (AvgIpc) is 2.35. The number of hydrogen-bond donors (Lipinski definition) is 2. The van der Waals surface area contributed by atoms with Crippen LogP contribution in [0.2, 0.25) is 0 Å². The van der Waals surface area contributed by atoms with Crippen LogP contribution in [0.1, 0.15) is 25.8 Å². The van der Waals surface area contributed by atoms with Crippen molar-refractivity contribution in [2.45, 2.75) is 37.0 Å². The van der Waals surface area contributed by atoms with E-state index in [-0.39, 0.29) is 22.8 Å². The summed E-state index contributed by atoms with van der Waals surface area (Å²) in [6.45, 7) is 3.58. The number of aliphatic carboxylic acids is 1. The molecule has 0 saturated carbocycles. The quantitative estimate of drug-likeness (QED) is 0.712. The van der Waals surface area contributed by atoms with Crippen LogP contribution in [0.25, 0.3) is 0 Å².